The van der Waals surface area contributed by atoms with E-state index in [0.717, 1.165) is 36.0 Å². The summed E-state index contributed by atoms with van der Waals surface area (Å²) in [7, 11) is 0. The van der Waals surface area contributed by atoms with Crippen LogP contribution in [0.15, 0.2) is 60.9 Å². The van der Waals surface area contributed by atoms with E-state index in [2.05, 4.69) is 39.9 Å². The van der Waals surface area contributed by atoms with Crippen molar-refractivity contribution in [2.75, 3.05) is 5.32 Å². The van der Waals surface area contributed by atoms with Gasteiger partial charge >= 0.3 is 0 Å². The molecule has 3 aromatic rings. The Balaban J connectivity index is 1.29. The molecular formula is C29H31N3O3. The zero-order valence-corrected chi connectivity index (χ0v) is 20.0. The maximum Gasteiger partial charge on any atom is 0.257 e. The van der Waals surface area contributed by atoms with E-state index >= 15 is 0 Å². The first kappa shape index (κ1) is 23.2. The van der Waals surface area contributed by atoms with Crippen molar-refractivity contribution in [2.45, 2.75) is 63.5 Å². The van der Waals surface area contributed by atoms with Gasteiger partial charge in [-0.1, -0.05) is 43.2 Å². The van der Waals surface area contributed by atoms with Crippen molar-refractivity contribution in [1.82, 2.24) is 10.3 Å². The third-order valence-electron chi connectivity index (χ3n) is 7.09. The summed E-state index contributed by atoms with van der Waals surface area (Å²) in [5.41, 5.74) is 5.61. The normalized spacial score (nSPS) is 19.7. The lowest BCUT2D eigenvalue weighted by Crippen LogP contribution is -2.45. The number of hydrogen-bond acceptors (Lipinski definition) is 4. The number of nitrogens with one attached hydrogen (secondary N) is 2. The van der Waals surface area contributed by atoms with E-state index in [1.54, 1.807) is 24.5 Å². The molecule has 0 spiro atoms. The van der Waals surface area contributed by atoms with E-state index in [0.29, 0.717) is 29.2 Å². The van der Waals surface area contributed by atoms with Crippen molar-refractivity contribution in [3.05, 3.63) is 83.2 Å². The number of hydrogen-bond donors (Lipinski definition) is 3. The minimum Gasteiger partial charge on any atom is -0.391 e. The summed E-state index contributed by atoms with van der Waals surface area (Å²) in [5, 5.41) is 16.1. The molecule has 180 valence electrons. The monoisotopic (exact) mass is 469 g/mol. The molecule has 5 rings (SSSR count). The van der Waals surface area contributed by atoms with Crippen LogP contribution in [0.3, 0.4) is 0 Å². The number of carbonyl (C=O) groups excluding carboxylic acids is 2. The van der Waals surface area contributed by atoms with E-state index in [9.17, 15) is 14.7 Å². The summed E-state index contributed by atoms with van der Waals surface area (Å²) >= 11 is 0. The average molecular weight is 470 g/mol. The molecule has 0 aliphatic heterocycles. The Bertz CT molecular complexity index is 1230. The summed E-state index contributed by atoms with van der Waals surface area (Å²) in [4.78, 5) is 30.1. The number of aliphatic hydroxyl groups excluding tert-OH is 1. The molecule has 0 bridgehead atoms. The number of amides is 2. The molecule has 2 aromatic carbocycles. The van der Waals surface area contributed by atoms with Gasteiger partial charge in [0, 0.05) is 29.2 Å². The van der Waals surface area contributed by atoms with Gasteiger partial charge in [0.25, 0.3) is 11.8 Å². The van der Waals surface area contributed by atoms with Gasteiger partial charge in [-0.25, -0.2) is 0 Å². The topological polar surface area (TPSA) is 91.3 Å². The van der Waals surface area contributed by atoms with Crippen LogP contribution in [-0.4, -0.2) is 34.1 Å². The van der Waals surface area contributed by atoms with E-state index in [4.69, 9.17) is 0 Å². The number of anilines is 1. The van der Waals surface area contributed by atoms with Gasteiger partial charge in [-0.05, 0) is 73.4 Å². The fourth-order valence-corrected chi connectivity index (χ4v) is 4.71. The van der Waals surface area contributed by atoms with Gasteiger partial charge in [-0.2, -0.15) is 0 Å². The molecule has 3 N–H and O–H groups in total. The fourth-order valence-electron chi connectivity index (χ4n) is 4.71. The highest BCUT2D eigenvalue weighted by atomic mass is 16.3. The first-order valence-electron chi connectivity index (χ1n) is 12.4. The van der Waals surface area contributed by atoms with Crippen LogP contribution in [0.2, 0.25) is 0 Å². The van der Waals surface area contributed by atoms with E-state index in [-0.39, 0.29) is 17.9 Å². The van der Waals surface area contributed by atoms with Gasteiger partial charge in [-0.3, -0.25) is 14.6 Å². The highest BCUT2D eigenvalue weighted by Crippen LogP contribution is 2.40. The Hall–Kier alpha value is -3.51. The molecular weight excluding hydrogens is 438 g/mol. The Labute approximate surface area is 205 Å². The van der Waals surface area contributed by atoms with Gasteiger partial charge in [0.05, 0.1) is 17.7 Å². The molecule has 0 radical (unpaired) electrons. The summed E-state index contributed by atoms with van der Waals surface area (Å²) < 4.78 is 0. The molecule has 2 aliphatic rings. The van der Waals surface area contributed by atoms with Crippen molar-refractivity contribution >= 4 is 17.5 Å². The second-order valence-corrected chi connectivity index (χ2v) is 9.77. The molecule has 0 saturated heterocycles. The summed E-state index contributed by atoms with van der Waals surface area (Å²) in [6.07, 6.45) is 8.79. The predicted molar refractivity (Wildman–Crippen MR) is 137 cm³/mol. The van der Waals surface area contributed by atoms with Gasteiger partial charge in [0.2, 0.25) is 0 Å². The molecule has 2 fully saturated rings. The van der Waals surface area contributed by atoms with E-state index < -0.39 is 6.10 Å². The van der Waals surface area contributed by atoms with E-state index in [1.807, 2.05) is 19.1 Å². The summed E-state index contributed by atoms with van der Waals surface area (Å²) in [6.45, 7) is 1.89. The van der Waals surface area contributed by atoms with E-state index in [1.165, 1.54) is 18.4 Å². The van der Waals surface area contributed by atoms with Crippen LogP contribution in [0.4, 0.5) is 5.69 Å². The highest BCUT2D eigenvalue weighted by molar-refractivity contribution is 6.06. The Kier molecular flexibility index (Phi) is 6.64. The first-order chi connectivity index (χ1) is 17.0. The quantitative estimate of drug-likeness (QED) is 0.462. The van der Waals surface area contributed by atoms with Crippen LogP contribution >= 0.6 is 0 Å². The maximum absolute atomic E-state index is 13.1. The Morgan fingerprint density at radius 1 is 0.857 bits per heavy atom. The number of aryl methyl sites for hydroxylation is 1. The van der Waals surface area contributed by atoms with Crippen molar-refractivity contribution in [3.8, 4) is 11.1 Å². The Morgan fingerprint density at radius 3 is 2.37 bits per heavy atom. The first-order valence-corrected chi connectivity index (χ1v) is 12.4. The number of rotatable bonds is 6. The third kappa shape index (κ3) is 5.43. The van der Waals surface area contributed by atoms with Crippen LogP contribution in [-0.2, 0) is 0 Å². The van der Waals surface area contributed by atoms with Crippen molar-refractivity contribution in [1.29, 1.82) is 0 Å². The second kappa shape index (κ2) is 10.0. The van der Waals surface area contributed by atoms with Crippen LogP contribution in [0.1, 0.15) is 76.3 Å². The minimum atomic E-state index is -0.512. The van der Waals surface area contributed by atoms with Crippen molar-refractivity contribution in [2.24, 2.45) is 0 Å². The maximum atomic E-state index is 13.1. The van der Waals surface area contributed by atoms with Crippen LogP contribution < -0.4 is 10.6 Å². The summed E-state index contributed by atoms with van der Waals surface area (Å²) in [5.74, 6) is 0.176. The van der Waals surface area contributed by atoms with Crippen LogP contribution in [0.5, 0.6) is 0 Å². The zero-order chi connectivity index (χ0) is 24.4. The molecule has 6 nitrogen and oxygen atoms in total. The number of nitrogens with zero attached hydrogens (tertiary/aromatic N) is 1. The predicted octanol–water partition coefficient (Wildman–Crippen LogP) is 5.22. The summed E-state index contributed by atoms with van der Waals surface area (Å²) in [6, 6.07) is 15.3. The van der Waals surface area contributed by atoms with Crippen molar-refractivity contribution in [3.63, 3.8) is 0 Å². The van der Waals surface area contributed by atoms with Gasteiger partial charge in [-0.15, -0.1) is 0 Å². The van der Waals surface area contributed by atoms with Crippen molar-refractivity contribution < 1.29 is 14.7 Å². The highest BCUT2D eigenvalue weighted by Gasteiger charge is 2.25. The molecule has 1 aromatic heterocycles. The lowest BCUT2D eigenvalue weighted by Gasteiger charge is -2.28. The van der Waals surface area contributed by atoms with Crippen LogP contribution in [0.25, 0.3) is 11.1 Å². The molecule has 2 aliphatic carbocycles. The molecule has 35 heavy (non-hydrogen) atoms. The molecule has 2 amide bonds. The molecule has 0 unspecified atom stereocenters. The number of carbonyl (C=O) groups is 2. The molecule has 1 heterocycles. The lowest BCUT2D eigenvalue weighted by atomic mass is 9.92. The number of pyridine rings is 1. The number of aliphatic hydroxyl groups is 1. The molecule has 2 atom stereocenters. The smallest absolute Gasteiger partial charge is 0.257 e. The second-order valence-electron chi connectivity index (χ2n) is 9.77. The Morgan fingerprint density at radius 2 is 1.63 bits per heavy atom. The third-order valence-corrected chi connectivity index (χ3v) is 7.09. The van der Waals surface area contributed by atoms with Gasteiger partial charge in [0.15, 0.2) is 0 Å². The average Bonchev–Trinajstić information content (AvgIpc) is 3.72. The SMILES string of the molecule is Cc1ccc(C(=O)N[C@H]2CCCC[C@@H]2O)cc1NC(=O)c1cncc(-c2ccc(C3CC3)cc2)c1. The standard InChI is InChI=1S/C29H31N3O3/c1-18-6-7-22(28(34)31-25-4-2-3-5-27(25)33)15-26(18)32-29(35)24-14-23(16-30-17-24)21-12-10-20(11-13-21)19-8-9-19/h6-7,10-17,19,25,27,33H,2-5,8-9H2,1H3,(H,31,34)(H,32,35)/t25-,27-/m0/s1. The van der Waals surface area contributed by atoms with Gasteiger partial charge < -0.3 is 15.7 Å². The zero-order valence-electron chi connectivity index (χ0n) is 20.0. The van der Waals surface area contributed by atoms with Gasteiger partial charge in [0.1, 0.15) is 0 Å². The lowest BCUT2D eigenvalue weighted by molar-refractivity contribution is 0.0717. The number of aromatic nitrogens is 1. The fraction of sp³-hybridized carbons (Fsp3) is 0.345. The number of benzene rings is 2. The molecule has 2 saturated carbocycles. The minimum absolute atomic E-state index is 0.234. The van der Waals surface area contributed by atoms with Crippen LogP contribution in [0, 0.1) is 6.92 Å². The molecule has 6 heteroatoms. The largest absolute Gasteiger partial charge is 0.391 e.